The Hall–Kier alpha value is -4.78. The van der Waals surface area contributed by atoms with Crippen LogP contribution in [0.4, 0.5) is 0 Å². The van der Waals surface area contributed by atoms with Gasteiger partial charge in [-0.15, -0.1) is 0 Å². The molecule has 228 valence electrons. The first-order valence-corrected chi connectivity index (χ1v) is 15.8. The number of hydrogen-bond donors (Lipinski definition) is 1. The predicted molar refractivity (Wildman–Crippen MR) is 168 cm³/mol. The normalized spacial score (nSPS) is 29.0. The van der Waals surface area contributed by atoms with Gasteiger partial charge in [-0.25, -0.2) is 0 Å². The van der Waals surface area contributed by atoms with Crippen LogP contribution in [0.15, 0.2) is 96.6 Å². The number of benzene rings is 3. The molecule has 4 aliphatic rings. The highest BCUT2D eigenvalue weighted by molar-refractivity contribution is 6.31. The molecule has 7 rings (SSSR count). The summed E-state index contributed by atoms with van der Waals surface area (Å²) >= 11 is 0. The summed E-state index contributed by atoms with van der Waals surface area (Å²) in [6.45, 7) is 4.23. The van der Waals surface area contributed by atoms with Crippen molar-refractivity contribution < 1.29 is 29.0 Å². The topological polar surface area (TPSA) is 101 Å². The lowest BCUT2D eigenvalue weighted by Gasteiger charge is -2.55. The molecule has 2 fully saturated rings. The first-order valence-electron chi connectivity index (χ1n) is 15.8. The van der Waals surface area contributed by atoms with Gasteiger partial charge in [0.15, 0.2) is 23.1 Å². The van der Waals surface area contributed by atoms with Crippen LogP contribution in [0.5, 0.6) is 11.5 Å². The second-order valence-corrected chi connectivity index (χ2v) is 12.3. The van der Waals surface area contributed by atoms with E-state index in [1.807, 2.05) is 73.7 Å². The van der Waals surface area contributed by atoms with Gasteiger partial charge in [0.1, 0.15) is 0 Å². The van der Waals surface area contributed by atoms with E-state index in [2.05, 4.69) is 0 Å². The van der Waals surface area contributed by atoms with Crippen molar-refractivity contribution >= 4 is 29.0 Å². The van der Waals surface area contributed by atoms with Gasteiger partial charge in [-0.05, 0) is 55.9 Å². The molecule has 3 aromatic rings. The van der Waals surface area contributed by atoms with Crippen molar-refractivity contribution in [2.24, 2.45) is 23.7 Å². The van der Waals surface area contributed by atoms with Crippen molar-refractivity contribution in [1.29, 1.82) is 0 Å². The fourth-order valence-electron chi connectivity index (χ4n) is 8.64. The van der Waals surface area contributed by atoms with Crippen LogP contribution in [0.3, 0.4) is 0 Å². The highest BCUT2D eigenvalue weighted by atomic mass is 16.5. The van der Waals surface area contributed by atoms with Gasteiger partial charge in [-0.3, -0.25) is 24.1 Å². The third kappa shape index (κ3) is 4.09. The molecule has 3 aromatic carbocycles. The molecular weight excluding hydrogens is 566 g/mol. The molecular formula is C38H35NO6. The first-order chi connectivity index (χ1) is 21.8. The van der Waals surface area contributed by atoms with Crippen molar-refractivity contribution in [3.8, 4) is 11.5 Å². The summed E-state index contributed by atoms with van der Waals surface area (Å²) in [7, 11) is 0. The number of hydrogen-bond acceptors (Lipinski definition) is 6. The Bertz CT molecular complexity index is 1780. The van der Waals surface area contributed by atoms with E-state index in [9.17, 15) is 19.5 Å². The van der Waals surface area contributed by atoms with Crippen LogP contribution in [0.1, 0.15) is 49.3 Å². The minimum atomic E-state index is -1.40. The Morgan fingerprint density at radius 2 is 1.58 bits per heavy atom. The van der Waals surface area contributed by atoms with Crippen LogP contribution >= 0.6 is 0 Å². The van der Waals surface area contributed by atoms with E-state index in [-0.39, 0.29) is 47.8 Å². The molecule has 1 saturated carbocycles. The number of allylic oxidation sites excluding steroid dienone is 4. The first kappa shape index (κ1) is 29.0. The molecule has 6 atom stereocenters. The van der Waals surface area contributed by atoms with Crippen molar-refractivity contribution in [3.05, 3.63) is 113 Å². The number of fused-ring (bicyclic) bond motifs is 4. The number of aromatic hydroxyl groups is 1. The number of carbonyl (C=O) groups excluding carboxylic acids is 4. The number of amides is 2. The SMILES string of the molecule is CCOc1cccc(C2C3=CCC4C(=O)N(CC)C(=O)C4C3CC3C(=O)C(c4ccccc4)=CC(=O)C32c2ccccc2)c1O. The third-order valence-corrected chi connectivity index (χ3v) is 10.4. The molecule has 1 saturated heterocycles. The number of likely N-dealkylation sites (tertiary alicyclic amines) is 1. The van der Waals surface area contributed by atoms with E-state index in [1.54, 1.807) is 25.1 Å². The molecule has 1 N–H and O–H groups in total. The number of ketones is 2. The molecule has 0 spiro atoms. The summed E-state index contributed by atoms with van der Waals surface area (Å²) in [5.74, 6) is -3.89. The summed E-state index contributed by atoms with van der Waals surface area (Å²) in [5.41, 5.74) is 1.55. The Morgan fingerprint density at radius 3 is 2.27 bits per heavy atom. The number of rotatable bonds is 6. The van der Waals surface area contributed by atoms with Gasteiger partial charge >= 0.3 is 0 Å². The molecule has 1 aliphatic heterocycles. The Morgan fingerprint density at radius 1 is 0.867 bits per heavy atom. The van der Waals surface area contributed by atoms with Crippen molar-refractivity contribution in [3.63, 3.8) is 0 Å². The number of para-hydroxylation sites is 1. The summed E-state index contributed by atoms with van der Waals surface area (Å²) < 4.78 is 5.79. The van der Waals surface area contributed by atoms with E-state index in [4.69, 9.17) is 4.74 Å². The van der Waals surface area contributed by atoms with E-state index < -0.39 is 35.0 Å². The number of Topliss-reactive ketones (excluding diaryl/α,β-unsaturated/α-hetero) is 1. The monoisotopic (exact) mass is 601 g/mol. The highest BCUT2D eigenvalue weighted by Crippen LogP contribution is 2.64. The molecule has 0 aromatic heterocycles. The maximum absolute atomic E-state index is 15.0. The molecule has 0 radical (unpaired) electrons. The van der Waals surface area contributed by atoms with Crippen molar-refractivity contribution in [1.82, 2.24) is 4.90 Å². The van der Waals surface area contributed by atoms with E-state index >= 15 is 4.79 Å². The average Bonchev–Trinajstić information content (AvgIpc) is 3.32. The lowest BCUT2D eigenvalue weighted by molar-refractivity contribution is -0.140. The van der Waals surface area contributed by atoms with Gasteiger partial charge in [0.25, 0.3) is 0 Å². The van der Waals surface area contributed by atoms with Crippen LogP contribution in [-0.4, -0.2) is 46.5 Å². The molecule has 7 heteroatoms. The number of phenolic OH excluding ortho intramolecular Hbond substituents is 1. The van der Waals surface area contributed by atoms with Gasteiger partial charge in [-0.2, -0.15) is 0 Å². The maximum Gasteiger partial charge on any atom is 0.233 e. The minimum absolute atomic E-state index is 0.0934. The second kappa shape index (κ2) is 11.0. The molecule has 3 aliphatic carbocycles. The smallest absolute Gasteiger partial charge is 0.233 e. The summed E-state index contributed by atoms with van der Waals surface area (Å²) in [6, 6.07) is 23.8. The van der Waals surface area contributed by atoms with Gasteiger partial charge in [0.2, 0.25) is 11.8 Å². The third-order valence-electron chi connectivity index (χ3n) is 10.4. The molecule has 7 nitrogen and oxygen atoms in total. The maximum atomic E-state index is 15.0. The van der Waals surface area contributed by atoms with E-state index in [0.717, 1.165) is 5.57 Å². The Balaban J connectivity index is 1.53. The summed E-state index contributed by atoms with van der Waals surface area (Å²) in [5, 5.41) is 11.8. The Labute approximate surface area is 262 Å². The number of ether oxygens (including phenoxy) is 1. The van der Waals surface area contributed by atoms with Gasteiger partial charge in [0.05, 0.1) is 23.9 Å². The fraction of sp³-hybridized carbons (Fsp3) is 0.316. The van der Waals surface area contributed by atoms with Crippen LogP contribution in [-0.2, 0) is 24.6 Å². The standard InChI is InChI=1S/C38H35NO6/c1-3-39-36(43)25-19-18-24-28(32(25)37(39)44)20-29-34(41)27(22-12-7-5-8-13-22)21-31(40)38(29,23-14-9-6-10-15-23)33(24)26-16-11-17-30(35(26)42)45-4-2/h5-18,21,25,28-29,32-33,42H,3-4,19-20H2,1-2H3. The van der Waals surface area contributed by atoms with Crippen LogP contribution < -0.4 is 4.74 Å². The van der Waals surface area contributed by atoms with Crippen LogP contribution in [0.2, 0.25) is 0 Å². The summed E-state index contributed by atoms with van der Waals surface area (Å²) in [6.07, 6.45) is 4.06. The zero-order valence-corrected chi connectivity index (χ0v) is 25.3. The highest BCUT2D eigenvalue weighted by Gasteiger charge is 2.66. The summed E-state index contributed by atoms with van der Waals surface area (Å²) in [4.78, 5) is 58.5. The number of nitrogens with zero attached hydrogens (tertiary/aromatic N) is 1. The molecule has 0 bridgehead atoms. The molecule has 45 heavy (non-hydrogen) atoms. The van der Waals surface area contributed by atoms with Gasteiger partial charge in [-0.1, -0.05) is 84.4 Å². The molecule has 1 heterocycles. The molecule has 2 amide bonds. The van der Waals surface area contributed by atoms with Crippen LogP contribution in [0.25, 0.3) is 5.57 Å². The number of phenols is 1. The van der Waals surface area contributed by atoms with E-state index in [1.165, 1.54) is 11.0 Å². The predicted octanol–water partition coefficient (Wildman–Crippen LogP) is 5.64. The van der Waals surface area contributed by atoms with Gasteiger partial charge < -0.3 is 9.84 Å². The minimum Gasteiger partial charge on any atom is -0.504 e. The fourth-order valence-corrected chi connectivity index (χ4v) is 8.64. The lowest BCUT2D eigenvalue weighted by Crippen LogP contribution is -2.58. The quantitative estimate of drug-likeness (QED) is 0.290. The van der Waals surface area contributed by atoms with E-state index in [0.29, 0.717) is 35.3 Å². The largest absolute Gasteiger partial charge is 0.504 e. The van der Waals surface area contributed by atoms with Gasteiger partial charge in [0, 0.05) is 29.5 Å². The number of carbonyl (C=O) groups is 4. The molecule has 6 unspecified atom stereocenters. The lowest BCUT2D eigenvalue weighted by atomic mass is 9.44. The zero-order valence-electron chi connectivity index (χ0n) is 25.3. The van der Waals surface area contributed by atoms with Crippen molar-refractivity contribution in [2.75, 3.05) is 13.2 Å². The zero-order chi connectivity index (χ0) is 31.5. The number of imide groups is 1. The van der Waals surface area contributed by atoms with Crippen molar-refractivity contribution in [2.45, 2.75) is 38.0 Å². The second-order valence-electron chi connectivity index (χ2n) is 12.3. The van der Waals surface area contributed by atoms with Crippen LogP contribution in [0, 0.1) is 23.7 Å². The average molecular weight is 602 g/mol. The Kier molecular flexibility index (Phi) is 7.07.